The first-order chi connectivity index (χ1) is 9.96. The molecule has 0 amide bonds. The molecule has 0 saturated carbocycles. The van der Waals surface area contributed by atoms with Crippen LogP contribution >= 0.6 is 11.6 Å². The molecule has 1 saturated heterocycles. The first-order valence-electron chi connectivity index (χ1n) is 6.94. The van der Waals surface area contributed by atoms with Gasteiger partial charge in [0, 0.05) is 12.3 Å². The Kier molecular flexibility index (Phi) is 4.03. The van der Waals surface area contributed by atoms with Gasteiger partial charge in [0.1, 0.15) is 0 Å². The SMILES string of the molecule is O=S1(=O)CCC(C(O)c2cc(Cl)c3c(c2)OCCCO3)C1. The van der Waals surface area contributed by atoms with Crippen molar-refractivity contribution in [2.45, 2.75) is 18.9 Å². The molecule has 2 aliphatic rings. The van der Waals surface area contributed by atoms with E-state index in [1.165, 1.54) is 0 Å². The molecular formula is C14H17ClO5S. The Morgan fingerprint density at radius 1 is 1.29 bits per heavy atom. The van der Waals surface area contributed by atoms with Crippen molar-refractivity contribution in [3.8, 4) is 11.5 Å². The number of rotatable bonds is 2. The fourth-order valence-electron chi connectivity index (χ4n) is 2.77. The van der Waals surface area contributed by atoms with Crippen LogP contribution in [0, 0.1) is 5.92 Å². The minimum Gasteiger partial charge on any atom is -0.489 e. The third-order valence-electron chi connectivity index (χ3n) is 3.88. The van der Waals surface area contributed by atoms with Gasteiger partial charge in [0.05, 0.1) is 35.8 Å². The van der Waals surface area contributed by atoms with E-state index < -0.39 is 15.9 Å². The number of aliphatic hydroxyl groups excluding tert-OH is 1. The van der Waals surface area contributed by atoms with Gasteiger partial charge in [0.15, 0.2) is 21.3 Å². The van der Waals surface area contributed by atoms with Crippen LogP contribution < -0.4 is 9.47 Å². The van der Waals surface area contributed by atoms with Crippen LogP contribution in [0.4, 0.5) is 0 Å². The minimum atomic E-state index is -3.03. The molecule has 0 aromatic heterocycles. The number of benzene rings is 1. The predicted octanol–water partition coefficient (Wildman–Crippen LogP) is 1.97. The van der Waals surface area contributed by atoms with Crippen LogP contribution in [0.5, 0.6) is 11.5 Å². The maximum absolute atomic E-state index is 11.5. The summed E-state index contributed by atoms with van der Waals surface area (Å²) in [4.78, 5) is 0. The Bertz CT molecular complexity index is 643. The first-order valence-corrected chi connectivity index (χ1v) is 9.14. The van der Waals surface area contributed by atoms with Gasteiger partial charge in [-0.1, -0.05) is 11.6 Å². The van der Waals surface area contributed by atoms with Gasteiger partial charge < -0.3 is 14.6 Å². The number of ether oxygens (including phenoxy) is 2. The molecule has 1 aromatic carbocycles. The van der Waals surface area contributed by atoms with Gasteiger partial charge in [-0.25, -0.2) is 8.42 Å². The van der Waals surface area contributed by atoms with E-state index in [1.807, 2.05) is 0 Å². The van der Waals surface area contributed by atoms with Crippen molar-refractivity contribution in [2.75, 3.05) is 24.7 Å². The third-order valence-corrected chi connectivity index (χ3v) is 5.95. The monoisotopic (exact) mass is 332 g/mol. The van der Waals surface area contributed by atoms with Crippen molar-refractivity contribution in [1.29, 1.82) is 0 Å². The molecule has 2 atom stereocenters. The van der Waals surface area contributed by atoms with Gasteiger partial charge in [0.25, 0.3) is 0 Å². The minimum absolute atomic E-state index is 0.0141. The highest BCUT2D eigenvalue weighted by atomic mass is 35.5. The lowest BCUT2D eigenvalue weighted by Crippen LogP contribution is -2.14. The van der Waals surface area contributed by atoms with Gasteiger partial charge in [-0.05, 0) is 24.1 Å². The van der Waals surface area contributed by atoms with Crippen LogP contribution in [0.15, 0.2) is 12.1 Å². The van der Waals surface area contributed by atoms with Crippen molar-refractivity contribution in [2.24, 2.45) is 5.92 Å². The normalized spacial score (nSPS) is 25.3. The summed E-state index contributed by atoms with van der Waals surface area (Å²) in [7, 11) is -3.03. The maximum Gasteiger partial charge on any atom is 0.179 e. The molecule has 0 radical (unpaired) electrons. The average Bonchev–Trinajstić information content (AvgIpc) is 2.65. The Morgan fingerprint density at radius 2 is 2.05 bits per heavy atom. The standard InChI is InChI=1S/C14H17ClO5S/c15-11-6-10(7-12-14(11)20-4-1-3-19-12)13(16)9-2-5-21(17,18)8-9/h6-7,9,13,16H,1-5,8H2. The molecule has 2 unspecified atom stereocenters. The number of fused-ring (bicyclic) bond motifs is 1. The van der Waals surface area contributed by atoms with Gasteiger partial charge >= 0.3 is 0 Å². The molecule has 0 spiro atoms. The van der Waals surface area contributed by atoms with E-state index in [4.69, 9.17) is 21.1 Å². The van der Waals surface area contributed by atoms with E-state index in [0.717, 1.165) is 6.42 Å². The van der Waals surface area contributed by atoms with Crippen LogP contribution in [0.2, 0.25) is 5.02 Å². The molecule has 116 valence electrons. The second-order valence-electron chi connectivity index (χ2n) is 5.49. The third kappa shape index (κ3) is 3.12. The van der Waals surface area contributed by atoms with Gasteiger partial charge in [-0.2, -0.15) is 0 Å². The van der Waals surface area contributed by atoms with E-state index in [0.29, 0.717) is 41.7 Å². The number of halogens is 1. The number of hydrogen-bond acceptors (Lipinski definition) is 5. The summed E-state index contributed by atoms with van der Waals surface area (Å²) in [5.41, 5.74) is 0.575. The van der Waals surface area contributed by atoms with Crippen molar-refractivity contribution < 1.29 is 23.0 Å². The van der Waals surface area contributed by atoms with Crippen molar-refractivity contribution in [3.05, 3.63) is 22.7 Å². The molecule has 7 heteroatoms. The summed E-state index contributed by atoms with van der Waals surface area (Å²) in [6.07, 6.45) is 0.371. The Balaban J connectivity index is 1.89. The second kappa shape index (κ2) is 5.66. The summed E-state index contributed by atoms with van der Waals surface area (Å²) < 4.78 is 34.2. The highest BCUT2D eigenvalue weighted by Gasteiger charge is 2.34. The quantitative estimate of drug-likeness (QED) is 0.896. The van der Waals surface area contributed by atoms with Crippen LogP contribution in [-0.4, -0.2) is 38.2 Å². The highest BCUT2D eigenvalue weighted by Crippen LogP contribution is 2.41. The lowest BCUT2D eigenvalue weighted by Gasteiger charge is -2.19. The molecule has 1 aromatic rings. The molecule has 0 bridgehead atoms. The molecule has 1 N–H and O–H groups in total. The molecule has 1 fully saturated rings. The summed E-state index contributed by atoms with van der Waals surface area (Å²) in [5, 5.41) is 10.8. The summed E-state index contributed by atoms with van der Waals surface area (Å²) in [6.45, 7) is 1.07. The lowest BCUT2D eigenvalue weighted by molar-refractivity contribution is 0.120. The molecule has 2 heterocycles. The van der Waals surface area contributed by atoms with E-state index in [9.17, 15) is 13.5 Å². The molecule has 0 aliphatic carbocycles. The maximum atomic E-state index is 11.5. The number of aliphatic hydroxyl groups is 1. The average molecular weight is 333 g/mol. The topological polar surface area (TPSA) is 72.8 Å². The Morgan fingerprint density at radius 3 is 2.76 bits per heavy atom. The smallest absolute Gasteiger partial charge is 0.179 e. The Labute approximate surface area is 128 Å². The summed E-state index contributed by atoms with van der Waals surface area (Å²) >= 11 is 6.19. The van der Waals surface area contributed by atoms with Crippen LogP contribution in [0.25, 0.3) is 0 Å². The summed E-state index contributed by atoms with van der Waals surface area (Å²) in [6, 6.07) is 3.33. The number of hydrogen-bond donors (Lipinski definition) is 1. The summed E-state index contributed by atoms with van der Waals surface area (Å²) in [5.74, 6) is 0.850. The van der Waals surface area contributed by atoms with E-state index in [2.05, 4.69) is 0 Å². The van der Waals surface area contributed by atoms with Crippen LogP contribution in [0.3, 0.4) is 0 Å². The predicted molar refractivity (Wildman–Crippen MR) is 78.8 cm³/mol. The van der Waals surface area contributed by atoms with Crippen molar-refractivity contribution in [3.63, 3.8) is 0 Å². The van der Waals surface area contributed by atoms with Crippen LogP contribution in [0.1, 0.15) is 24.5 Å². The zero-order chi connectivity index (χ0) is 15.0. The van der Waals surface area contributed by atoms with Gasteiger partial charge in [0.2, 0.25) is 0 Å². The largest absolute Gasteiger partial charge is 0.489 e. The molecule has 5 nitrogen and oxygen atoms in total. The second-order valence-corrected chi connectivity index (χ2v) is 8.12. The zero-order valence-corrected chi connectivity index (χ0v) is 13.0. The molecular weight excluding hydrogens is 316 g/mol. The fraction of sp³-hybridized carbons (Fsp3) is 0.571. The van der Waals surface area contributed by atoms with Crippen molar-refractivity contribution in [1.82, 2.24) is 0 Å². The van der Waals surface area contributed by atoms with E-state index in [-0.39, 0.29) is 17.4 Å². The van der Waals surface area contributed by atoms with Crippen LogP contribution in [-0.2, 0) is 9.84 Å². The molecule has 2 aliphatic heterocycles. The number of sulfone groups is 1. The van der Waals surface area contributed by atoms with Gasteiger partial charge in [-0.15, -0.1) is 0 Å². The van der Waals surface area contributed by atoms with E-state index in [1.54, 1.807) is 12.1 Å². The highest BCUT2D eigenvalue weighted by molar-refractivity contribution is 7.91. The molecule has 21 heavy (non-hydrogen) atoms. The lowest BCUT2D eigenvalue weighted by atomic mass is 9.95. The van der Waals surface area contributed by atoms with Gasteiger partial charge in [-0.3, -0.25) is 0 Å². The molecule has 3 rings (SSSR count). The fourth-order valence-corrected chi connectivity index (χ4v) is 4.87. The van der Waals surface area contributed by atoms with Crippen molar-refractivity contribution >= 4 is 21.4 Å². The van der Waals surface area contributed by atoms with E-state index >= 15 is 0 Å². The zero-order valence-electron chi connectivity index (χ0n) is 11.4. The Hall–Kier alpha value is -0.980. The first kappa shape index (κ1) is 14.9.